The summed E-state index contributed by atoms with van der Waals surface area (Å²) >= 11 is 0. The first-order chi connectivity index (χ1) is 14.0. The van der Waals surface area contributed by atoms with Crippen molar-refractivity contribution in [2.75, 3.05) is 45.3 Å². The van der Waals surface area contributed by atoms with Gasteiger partial charge in [0.25, 0.3) is 0 Å². The number of amides is 2. The second-order valence-electron chi connectivity index (χ2n) is 6.99. The highest BCUT2D eigenvalue weighted by molar-refractivity contribution is 6.35. The summed E-state index contributed by atoms with van der Waals surface area (Å²) in [5.74, 6) is 0.112. The van der Waals surface area contributed by atoms with Crippen molar-refractivity contribution in [3.05, 3.63) is 53.6 Å². The highest BCUT2D eigenvalue weighted by atomic mass is 16.5. The Labute approximate surface area is 171 Å². The number of nitrogens with one attached hydrogen (secondary N) is 1. The van der Waals surface area contributed by atoms with Gasteiger partial charge in [-0.15, -0.1) is 0 Å². The topological polar surface area (TPSA) is 71.1 Å². The van der Waals surface area contributed by atoms with Crippen LogP contribution in [0.25, 0.3) is 0 Å². The number of nitrogens with zero attached hydrogens (tertiary/aromatic N) is 2. The monoisotopic (exact) mass is 397 g/mol. The lowest BCUT2D eigenvalue weighted by Crippen LogP contribution is -2.52. The number of rotatable bonds is 5. The van der Waals surface area contributed by atoms with Gasteiger partial charge < -0.3 is 24.6 Å². The average molecular weight is 397 g/mol. The van der Waals surface area contributed by atoms with Crippen LogP contribution >= 0.6 is 0 Å². The molecule has 7 nitrogen and oxygen atoms in total. The first-order valence-electron chi connectivity index (χ1n) is 9.61. The van der Waals surface area contributed by atoms with E-state index in [1.165, 1.54) is 5.56 Å². The molecule has 1 aliphatic heterocycles. The molecule has 1 N–H and O–H groups in total. The van der Waals surface area contributed by atoms with Crippen LogP contribution in [0.1, 0.15) is 11.1 Å². The molecular weight excluding hydrogens is 370 g/mol. The van der Waals surface area contributed by atoms with Crippen molar-refractivity contribution in [1.29, 1.82) is 0 Å². The number of piperazine rings is 1. The Morgan fingerprint density at radius 1 is 0.966 bits per heavy atom. The van der Waals surface area contributed by atoms with Gasteiger partial charge in [0.1, 0.15) is 0 Å². The van der Waals surface area contributed by atoms with Gasteiger partial charge in [0, 0.05) is 38.4 Å². The Kier molecular flexibility index (Phi) is 6.59. The molecule has 1 heterocycles. The molecular formula is C22H27N3O4. The summed E-state index contributed by atoms with van der Waals surface area (Å²) in [7, 11) is 3.12. The fourth-order valence-electron chi connectivity index (χ4n) is 3.38. The molecule has 0 atom stereocenters. The van der Waals surface area contributed by atoms with Crippen LogP contribution in [-0.2, 0) is 16.1 Å². The summed E-state index contributed by atoms with van der Waals surface area (Å²) in [6.07, 6.45) is 0. The number of aryl methyl sites for hydroxylation is 1. The van der Waals surface area contributed by atoms with Crippen LogP contribution in [0.15, 0.2) is 42.5 Å². The van der Waals surface area contributed by atoms with Gasteiger partial charge >= 0.3 is 11.8 Å². The summed E-state index contributed by atoms with van der Waals surface area (Å²) in [5.41, 5.74) is 3.18. The van der Waals surface area contributed by atoms with Gasteiger partial charge in [-0.2, -0.15) is 0 Å². The van der Waals surface area contributed by atoms with Gasteiger partial charge in [0.05, 0.1) is 14.2 Å². The molecule has 1 fully saturated rings. The van der Waals surface area contributed by atoms with Crippen molar-refractivity contribution < 1.29 is 19.1 Å². The third-order valence-corrected chi connectivity index (χ3v) is 5.03. The minimum atomic E-state index is -0.594. The first-order valence-corrected chi connectivity index (χ1v) is 9.61. The molecule has 29 heavy (non-hydrogen) atoms. The van der Waals surface area contributed by atoms with E-state index in [-0.39, 0.29) is 6.54 Å². The van der Waals surface area contributed by atoms with Crippen LogP contribution in [0.4, 0.5) is 5.69 Å². The van der Waals surface area contributed by atoms with Gasteiger partial charge in [-0.25, -0.2) is 0 Å². The lowest BCUT2D eigenvalue weighted by Gasteiger charge is -2.35. The quantitative estimate of drug-likeness (QED) is 0.782. The smallest absolute Gasteiger partial charge is 0.312 e. The number of benzene rings is 2. The largest absolute Gasteiger partial charge is 0.493 e. The first kappa shape index (κ1) is 20.5. The summed E-state index contributed by atoms with van der Waals surface area (Å²) in [5, 5.41) is 2.70. The van der Waals surface area contributed by atoms with Crippen LogP contribution < -0.4 is 19.7 Å². The second-order valence-corrected chi connectivity index (χ2v) is 6.99. The maximum absolute atomic E-state index is 12.5. The number of hydrogen-bond donors (Lipinski definition) is 1. The molecule has 154 valence electrons. The molecule has 0 spiro atoms. The maximum atomic E-state index is 12.5. The van der Waals surface area contributed by atoms with Crippen molar-refractivity contribution in [3.63, 3.8) is 0 Å². The average Bonchev–Trinajstić information content (AvgIpc) is 2.76. The van der Waals surface area contributed by atoms with E-state index >= 15 is 0 Å². The van der Waals surface area contributed by atoms with E-state index in [1.807, 2.05) is 12.1 Å². The van der Waals surface area contributed by atoms with E-state index in [4.69, 9.17) is 9.47 Å². The molecule has 3 rings (SSSR count). The second kappa shape index (κ2) is 9.32. The zero-order valence-corrected chi connectivity index (χ0v) is 17.1. The number of ether oxygens (including phenoxy) is 2. The minimum Gasteiger partial charge on any atom is -0.493 e. The van der Waals surface area contributed by atoms with Crippen LogP contribution in [0.3, 0.4) is 0 Å². The SMILES string of the molecule is COc1ccc(CNC(=O)C(=O)N2CCN(c3cccc(C)c3)CC2)cc1OC. The fraction of sp³-hybridized carbons (Fsp3) is 0.364. The number of hydrogen-bond acceptors (Lipinski definition) is 5. The van der Waals surface area contributed by atoms with Crippen molar-refractivity contribution >= 4 is 17.5 Å². The van der Waals surface area contributed by atoms with Crippen molar-refractivity contribution in [2.24, 2.45) is 0 Å². The number of methoxy groups -OCH3 is 2. The van der Waals surface area contributed by atoms with Crippen LogP contribution in [-0.4, -0.2) is 57.1 Å². The summed E-state index contributed by atoms with van der Waals surface area (Å²) in [6, 6.07) is 13.7. The van der Waals surface area contributed by atoms with E-state index in [9.17, 15) is 9.59 Å². The Hall–Kier alpha value is -3.22. The lowest BCUT2D eigenvalue weighted by atomic mass is 10.2. The molecule has 0 bridgehead atoms. The molecule has 0 radical (unpaired) electrons. The van der Waals surface area contributed by atoms with E-state index in [0.29, 0.717) is 37.7 Å². The number of carbonyl (C=O) groups excluding carboxylic acids is 2. The van der Waals surface area contributed by atoms with Crippen molar-refractivity contribution in [3.8, 4) is 11.5 Å². The predicted molar refractivity (Wildman–Crippen MR) is 111 cm³/mol. The fourth-order valence-corrected chi connectivity index (χ4v) is 3.38. The summed E-state index contributed by atoms with van der Waals surface area (Å²) in [6.45, 7) is 4.77. The van der Waals surface area contributed by atoms with Crippen LogP contribution in [0.5, 0.6) is 11.5 Å². The molecule has 1 saturated heterocycles. The highest BCUT2D eigenvalue weighted by Gasteiger charge is 2.26. The summed E-state index contributed by atoms with van der Waals surface area (Å²) in [4.78, 5) is 28.7. The molecule has 1 aliphatic rings. The Bertz CT molecular complexity index is 876. The van der Waals surface area contributed by atoms with E-state index in [2.05, 4.69) is 35.3 Å². The van der Waals surface area contributed by atoms with Crippen LogP contribution in [0.2, 0.25) is 0 Å². The minimum absolute atomic E-state index is 0.244. The normalized spacial score (nSPS) is 13.8. The third kappa shape index (κ3) is 4.99. The Morgan fingerprint density at radius 2 is 1.69 bits per heavy atom. The Balaban J connectivity index is 1.51. The van der Waals surface area contributed by atoms with Gasteiger partial charge in [-0.3, -0.25) is 9.59 Å². The number of carbonyl (C=O) groups is 2. The molecule has 7 heteroatoms. The van der Waals surface area contributed by atoms with Crippen molar-refractivity contribution in [2.45, 2.75) is 13.5 Å². The van der Waals surface area contributed by atoms with Gasteiger partial charge in [0.15, 0.2) is 11.5 Å². The molecule has 0 saturated carbocycles. The molecule has 2 amide bonds. The van der Waals surface area contributed by atoms with Gasteiger partial charge in [-0.1, -0.05) is 18.2 Å². The lowest BCUT2D eigenvalue weighted by molar-refractivity contribution is -0.146. The van der Waals surface area contributed by atoms with E-state index in [1.54, 1.807) is 31.3 Å². The Morgan fingerprint density at radius 3 is 2.34 bits per heavy atom. The molecule has 0 aliphatic carbocycles. The molecule has 2 aromatic rings. The number of anilines is 1. The standard InChI is InChI=1S/C22H27N3O4/c1-16-5-4-6-18(13-16)24-9-11-25(12-10-24)22(27)21(26)23-15-17-7-8-19(28-2)20(14-17)29-3/h4-8,13-14H,9-12,15H2,1-3H3,(H,23,26). The maximum Gasteiger partial charge on any atom is 0.312 e. The summed E-state index contributed by atoms with van der Waals surface area (Å²) < 4.78 is 10.5. The zero-order valence-electron chi connectivity index (χ0n) is 17.1. The van der Waals surface area contributed by atoms with Crippen LogP contribution in [0, 0.1) is 6.92 Å². The predicted octanol–water partition coefficient (Wildman–Crippen LogP) is 1.98. The molecule has 0 unspecified atom stereocenters. The third-order valence-electron chi connectivity index (χ3n) is 5.03. The van der Waals surface area contributed by atoms with E-state index < -0.39 is 11.8 Å². The highest BCUT2D eigenvalue weighted by Crippen LogP contribution is 2.27. The molecule has 2 aromatic carbocycles. The van der Waals surface area contributed by atoms with E-state index in [0.717, 1.165) is 11.3 Å². The zero-order chi connectivity index (χ0) is 20.8. The van der Waals surface area contributed by atoms with Gasteiger partial charge in [0.2, 0.25) is 0 Å². The van der Waals surface area contributed by atoms with Gasteiger partial charge in [-0.05, 0) is 42.3 Å². The van der Waals surface area contributed by atoms with Crippen molar-refractivity contribution in [1.82, 2.24) is 10.2 Å². The molecule has 0 aromatic heterocycles.